The van der Waals surface area contributed by atoms with Crippen LogP contribution in [0, 0.1) is 11.3 Å². The van der Waals surface area contributed by atoms with Crippen LogP contribution in [0.5, 0.6) is 5.75 Å². The van der Waals surface area contributed by atoms with Crippen molar-refractivity contribution < 1.29 is 4.74 Å². The number of piperidine rings is 1. The fraction of sp³-hybridized carbons (Fsp3) is 0.368. The Morgan fingerprint density at radius 2 is 2.04 bits per heavy atom. The predicted molar refractivity (Wildman–Crippen MR) is 93.9 cm³/mol. The Morgan fingerprint density at radius 1 is 1.25 bits per heavy atom. The monoisotopic (exact) mass is 322 g/mol. The van der Waals surface area contributed by atoms with E-state index in [1.807, 2.05) is 12.1 Å². The summed E-state index contributed by atoms with van der Waals surface area (Å²) in [6, 6.07) is 14.3. The third-order valence-electron chi connectivity index (χ3n) is 4.44. The molecule has 0 radical (unpaired) electrons. The molecule has 1 aliphatic heterocycles. The zero-order valence-electron chi connectivity index (χ0n) is 13.9. The molecule has 0 atom stereocenters. The van der Waals surface area contributed by atoms with E-state index in [2.05, 4.69) is 33.4 Å². The maximum absolute atomic E-state index is 9.15. The molecule has 1 N–H and O–H groups in total. The topological polar surface area (TPSA) is 61.2 Å². The summed E-state index contributed by atoms with van der Waals surface area (Å²) in [6.07, 6.45) is 3.80. The lowest BCUT2D eigenvalue weighted by atomic mass is 10.0. The number of nitrogens with one attached hydrogen (secondary N) is 1. The van der Waals surface area contributed by atoms with Gasteiger partial charge in [0.25, 0.3) is 0 Å². The molecule has 0 spiro atoms. The lowest BCUT2D eigenvalue weighted by molar-refractivity contribution is 0.209. The number of methoxy groups -OCH3 is 1. The molecule has 0 unspecified atom stereocenters. The number of anilines is 1. The summed E-state index contributed by atoms with van der Waals surface area (Å²) >= 11 is 0. The number of hydrogen-bond acceptors (Lipinski definition) is 5. The van der Waals surface area contributed by atoms with Crippen LogP contribution in [-0.2, 0) is 6.54 Å². The smallest absolute Gasteiger partial charge is 0.144 e. The van der Waals surface area contributed by atoms with Crippen molar-refractivity contribution in [1.29, 1.82) is 5.26 Å². The number of nitrogens with zero attached hydrogens (tertiary/aromatic N) is 3. The summed E-state index contributed by atoms with van der Waals surface area (Å²) in [6.45, 7) is 2.94. The molecular formula is C19H22N4O. The molecule has 3 rings (SSSR count). The number of rotatable bonds is 5. The Labute approximate surface area is 142 Å². The molecule has 0 amide bonds. The Bertz CT molecular complexity index is 717. The minimum Gasteiger partial charge on any atom is -0.496 e. The van der Waals surface area contributed by atoms with Gasteiger partial charge in [0.15, 0.2) is 0 Å². The molecule has 124 valence electrons. The minimum absolute atomic E-state index is 0.362. The van der Waals surface area contributed by atoms with Crippen LogP contribution < -0.4 is 10.1 Å². The Morgan fingerprint density at radius 3 is 2.79 bits per heavy atom. The SMILES string of the molecule is COc1ccccc1CN1CCC(Nc2ncccc2C#N)CC1. The zero-order valence-corrected chi connectivity index (χ0v) is 13.9. The number of aromatic nitrogens is 1. The largest absolute Gasteiger partial charge is 0.496 e. The Balaban J connectivity index is 1.55. The van der Waals surface area contributed by atoms with Gasteiger partial charge in [-0.25, -0.2) is 4.98 Å². The van der Waals surface area contributed by atoms with Crippen molar-refractivity contribution in [2.45, 2.75) is 25.4 Å². The summed E-state index contributed by atoms with van der Waals surface area (Å²) in [5.74, 6) is 1.65. The van der Waals surface area contributed by atoms with Crippen molar-refractivity contribution in [2.24, 2.45) is 0 Å². The summed E-state index contributed by atoms with van der Waals surface area (Å²) in [4.78, 5) is 6.73. The first kappa shape index (κ1) is 16.3. The van der Waals surface area contributed by atoms with E-state index in [4.69, 9.17) is 10.00 Å². The van der Waals surface area contributed by atoms with Crippen LogP contribution in [0.2, 0.25) is 0 Å². The highest BCUT2D eigenvalue weighted by Gasteiger charge is 2.21. The summed E-state index contributed by atoms with van der Waals surface area (Å²) in [7, 11) is 1.72. The average Bonchev–Trinajstić information content (AvgIpc) is 2.64. The third kappa shape index (κ3) is 3.84. The van der Waals surface area contributed by atoms with E-state index in [-0.39, 0.29) is 0 Å². The molecule has 0 bridgehead atoms. The van der Waals surface area contributed by atoms with Crippen LogP contribution in [0.25, 0.3) is 0 Å². The van der Waals surface area contributed by atoms with Crippen LogP contribution in [0.1, 0.15) is 24.0 Å². The van der Waals surface area contributed by atoms with Gasteiger partial charge >= 0.3 is 0 Å². The highest BCUT2D eigenvalue weighted by molar-refractivity contribution is 5.51. The molecule has 0 saturated carbocycles. The maximum Gasteiger partial charge on any atom is 0.144 e. The quantitative estimate of drug-likeness (QED) is 0.917. The van der Waals surface area contributed by atoms with Gasteiger partial charge in [0, 0.05) is 37.4 Å². The highest BCUT2D eigenvalue weighted by atomic mass is 16.5. The van der Waals surface area contributed by atoms with Crippen LogP contribution in [0.4, 0.5) is 5.82 Å². The molecule has 1 aromatic heterocycles. The molecule has 2 aromatic rings. The molecule has 1 fully saturated rings. The van der Waals surface area contributed by atoms with Crippen molar-refractivity contribution in [1.82, 2.24) is 9.88 Å². The second kappa shape index (κ2) is 7.80. The molecule has 1 aliphatic rings. The molecule has 0 aliphatic carbocycles. The van der Waals surface area contributed by atoms with E-state index in [9.17, 15) is 0 Å². The van der Waals surface area contributed by atoms with Crippen LogP contribution in [0.15, 0.2) is 42.6 Å². The van der Waals surface area contributed by atoms with E-state index in [1.165, 1.54) is 5.56 Å². The Hall–Kier alpha value is -2.58. The number of ether oxygens (including phenoxy) is 1. The lowest BCUT2D eigenvalue weighted by Gasteiger charge is -2.33. The number of likely N-dealkylation sites (tertiary alicyclic amines) is 1. The average molecular weight is 322 g/mol. The number of para-hydroxylation sites is 1. The summed E-state index contributed by atoms with van der Waals surface area (Å²) < 4.78 is 5.43. The fourth-order valence-corrected chi connectivity index (χ4v) is 3.11. The van der Waals surface area contributed by atoms with Crippen LogP contribution in [-0.4, -0.2) is 36.1 Å². The van der Waals surface area contributed by atoms with Crippen LogP contribution >= 0.6 is 0 Å². The zero-order chi connectivity index (χ0) is 16.8. The fourth-order valence-electron chi connectivity index (χ4n) is 3.11. The number of hydrogen-bond donors (Lipinski definition) is 1. The number of benzene rings is 1. The van der Waals surface area contributed by atoms with Gasteiger partial charge in [-0.15, -0.1) is 0 Å². The van der Waals surface area contributed by atoms with E-state index in [1.54, 1.807) is 25.4 Å². The van der Waals surface area contributed by atoms with E-state index < -0.39 is 0 Å². The number of pyridine rings is 1. The second-order valence-electron chi connectivity index (χ2n) is 6.02. The first-order chi connectivity index (χ1) is 11.8. The molecule has 5 nitrogen and oxygen atoms in total. The van der Waals surface area contributed by atoms with Gasteiger partial charge in [0.1, 0.15) is 17.6 Å². The molecule has 1 aromatic carbocycles. The molecule has 24 heavy (non-hydrogen) atoms. The third-order valence-corrected chi connectivity index (χ3v) is 4.44. The van der Waals surface area contributed by atoms with Crippen molar-refractivity contribution in [3.8, 4) is 11.8 Å². The highest BCUT2D eigenvalue weighted by Crippen LogP contribution is 2.23. The van der Waals surface area contributed by atoms with E-state index in [0.29, 0.717) is 17.4 Å². The molecule has 5 heteroatoms. The lowest BCUT2D eigenvalue weighted by Crippen LogP contribution is -2.39. The minimum atomic E-state index is 0.362. The van der Waals surface area contributed by atoms with Gasteiger partial charge < -0.3 is 10.1 Å². The maximum atomic E-state index is 9.15. The molecular weight excluding hydrogens is 300 g/mol. The summed E-state index contributed by atoms with van der Waals surface area (Å²) in [5, 5.41) is 12.6. The normalized spacial score (nSPS) is 15.7. The standard InChI is InChI=1S/C19H22N4O/c1-24-18-7-3-2-5-16(18)14-23-11-8-17(9-12-23)22-19-15(13-20)6-4-10-21-19/h2-7,10,17H,8-9,11-12,14H2,1H3,(H,21,22). The second-order valence-corrected chi connectivity index (χ2v) is 6.02. The van der Waals surface area contributed by atoms with E-state index in [0.717, 1.165) is 38.2 Å². The van der Waals surface area contributed by atoms with Gasteiger partial charge in [0.2, 0.25) is 0 Å². The van der Waals surface area contributed by atoms with Crippen molar-refractivity contribution >= 4 is 5.82 Å². The van der Waals surface area contributed by atoms with Crippen molar-refractivity contribution in [2.75, 3.05) is 25.5 Å². The van der Waals surface area contributed by atoms with Crippen molar-refractivity contribution in [3.05, 3.63) is 53.7 Å². The first-order valence-electron chi connectivity index (χ1n) is 8.26. The molecule has 2 heterocycles. The van der Waals surface area contributed by atoms with Gasteiger partial charge in [-0.3, -0.25) is 4.90 Å². The predicted octanol–water partition coefficient (Wildman–Crippen LogP) is 3.04. The Kier molecular flexibility index (Phi) is 5.29. The van der Waals surface area contributed by atoms with Gasteiger partial charge in [-0.2, -0.15) is 5.26 Å². The van der Waals surface area contributed by atoms with Crippen LogP contribution in [0.3, 0.4) is 0 Å². The van der Waals surface area contributed by atoms with Gasteiger partial charge in [0.05, 0.1) is 12.7 Å². The van der Waals surface area contributed by atoms with Gasteiger partial charge in [-0.05, 0) is 31.0 Å². The summed E-state index contributed by atoms with van der Waals surface area (Å²) in [5.41, 5.74) is 1.83. The van der Waals surface area contributed by atoms with E-state index >= 15 is 0 Å². The molecule has 1 saturated heterocycles. The first-order valence-corrected chi connectivity index (χ1v) is 8.26. The van der Waals surface area contributed by atoms with Crippen molar-refractivity contribution in [3.63, 3.8) is 0 Å². The number of nitriles is 1. The van der Waals surface area contributed by atoms with Gasteiger partial charge in [-0.1, -0.05) is 18.2 Å².